The van der Waals surface area contributed by atoms with Gasteiger partial charge in [-0.1, -0.05) is 12.1 Å². The number of nitrogens with one attached hydrogen (secondary N) is 1. The Morgan fingerprint density at radius 2 is 2.26 bits per heavy atom. The molecule has 0 aliphatic rings. The van der Waals surface area contributed by atoms with Gasteiger partial charge in [-0.25, -0.2) is 0 Å². The minimum absolute atomic E-state index is 0.0569. The Labute approximate surface area is 112 Å². The van der Waals surface area contributed by atoms with Crippen LogP contribution < -0.4 is 16.0 Å². The van der Waals surface area contributed by atoms with Crippen molar-refractivity contribution < 1.29 is 4.74 Å². The van der Waals surface area contributed by atoms with Gasteiger partial charge in [0.05, 0.1) is 24.5 Å². The summed E-state index contributed by atoms with van der Waals surface area (Å²) in [6.45, 7) is 2.60. The molecule has 1 unspecified atom stereocenters. The van der Waals surface area contributed by atoms with Crippen LogP contribution in [0.2, 0.25) is 0 Å². The van der Waals surface area contributed by atoms with Crippen molar-refractivity contribution in [3.05, 3.63) is 54.1 Å². The number of nitrogens with zero attached hydrogens (tertiary/aromatic N) is 2. The van der Waals surface area contributed by atoms with Crippen molar-refractivity contribution in [3.63, 3.8) is 0 Å². The van der Waals surface area contributed by atoms with Crippen molar-refractivity contribution in [2.24, 2.45) is 5.84 Å². The van der Waals surface area contributed by atoms with Crippen LogP contribution in [0.15, 0.2) is 42.9 Å². The maximum absolute atomic E-state index is 5.70. The molecule has 1 atom stereocenters. The van der Waals surface area contributed by atoms with E-state index in [1.807, 2.05) is 31.2 Å². The highest BCUT2D eigenvalue weighted by atomic mass is 16.5. The molecule has 3 N–H and O–H groups in total. The maximum Gasteiger partial charge on any atom is 0.119 e. The molecule has 0 fully saturated rings. The standard InChI is InChI=1S/C14H18N4O/c1-11-3-2-4-12(9-11)19-8-5-13(18-15)14-10-16-6-7-17-14/h2-4,6-7,9-10,13,18H,5,8,15H2,1H3. The van der Waals surface area contributed by atoms with Crippen LogP contribution in [0.25, 0.3) is 0 Å². The van der Waals surface area contributed by atoms with E-state index in [4.69, 9.17) is 10.6 Å². The summed E-state index contributed by atoms with van der Waals surface area (Å²) in [6, 6.07) is 7.91. The Morgan fingerprint density at radius 3 is 2.95 bits per heavy atom. The second-order valence-corrected chi connectivity index (χ2v) is 4.30. The average Bonchev–Trinajstić information content (AvgIpc) is 2.45. The third-order valence-electron chi connectivity index (χ3n) is 2.81. The number of rotatable bonds is 6. The number of aromatic nitrogens is 2. The van der Waals surface area contributed by atoms with Gasteiger partial charge < -0.3 is 4.74 Å². The van der Waals surface area contributed by atoms with Gasteiger partial charge in [0.25, 0.3) is 0 Å². The quantitative estimate of drug-likeness (QED) is 0.610. The average molecular weight is 258 g/mol. The number of hydrogen-bond donors (Lipinski definition) is 2. The van der Waals surface area contributed by atoms with Gasteiger partial charge in [0.15, 0.2) is 0 Å². The lowest BCUT2D eigenvalue weighted by atomic mass is 10.1. The van der Waals surface area contributed by atoms with Crippen LogP contribution in [0.4, 0.5) is 0 Å². The van der Waals surface area contributed by atoms with Gasteiger partial charge in [-0.15, -0.1) is 0 Å². The van der Waals surface area contributed by atoms with E-state index in [1.165, 1.54) is 5.56 Å². The molecule has 5 nitrogen and oxygen atoms in total. The molecular weight excluding hydrogens is 240 g/mol. The van der Waals surface area contributed by atoms with Crippen molar-refractivity contribution in [2.45, 2.75) is 19.4 Å². The van der Waals surface area contributed by atoms with Gasteiger partial charge in [-0.3, -0.25) is 21.2 Å². The number of hydrazine groups is 1. The van der Waals surface area contributed by atoms with E-state index < -0.39 is 0 Å². The molecule has 0 aliphatic heterocycles. The van der Waals surface area contributed by atoms with Crippen LogP contribution in [0.1, 0.15) is 23.7 Å². The van der Waals surface area contributed by atoms with Gasteiger partial charge in [0, 0.05) is 18.8 Å². The molecule has 0 radical (unpaired) electrons. The number of benzene rings is 1. The second kappa shape index (κ2) is 6.82. The lowest BCUT2D eigenvalue weighted by Gasteiger charge is -2.15. The molecule has 1 heterocycles. The summed E-state index contributed by atoms with van der Waals surface area (Å²) in [5, 5.41) is 0. The molecule has 0 spiro atoms. The monoisotopic (exact) mass is 258 g/mol. The van der Waals surface area contributed by atoms with E-state index in [2.05, 4.69) is 15.4 Å². The van der Waals surface area contributed by atoms with Crippen molar-refractivity contribution in [2.75, 3.05) is 6.61 Å². The van der Waals surface area contributed by atoms with Crippen molar-refractivity contribution in [1.29, 1.82) is 0 Å². The molecule has 0 amide bonds. The van der Waals surface area contributed by atoms with Crippen LogP contribution >= 0.6 is 0 Å². The highest BCUT2D eigenvalue weighted by Gasteiger charge is 2.11. The molecule has 0 saturated carbocycles. The van der Waals surface area contributed by atoms with Gasteiger partial charge in [-0.2, -0.15) is 0 Å². The first-order chi connectivity index (χ1) is 9.29. The van der Waals surface area contributed by atoms with Gasteiger partial charge in [0.2, 0.25) is 0 Å². The molecule has 100 valence electrons. The maximum atomic E-state index is 5.70. The van der Waals surface area contributed by atoms with E-state index in [9.17, 15) is 0 Å². The molecule has 1 aromatic heterocycles. The zero-order valence-electron chi connectivity index (χ0n) is 10.9. The van der Waals surface area contributed by atoms with Crippen LogP contribution in [0, 0.1) is 6.92 Å². The predicted molar refractivity (Wildman–Crippen MR) is 73.4 cm³/mol. The molecule has 2 rings (SSSR count). The van der Waals surface area contributed by atoms with Crippen molar-refractivity contribution in [1.82, 2.24) is 15.4 Å². The van der Waals surface area contributed by atoms with Crippen molar-refractivity contribution in [3.8, 4) is 5.75 Å². The van der Waals surface area contributed by atoms with Crippen LogP contribution in [-0.2, 0) is 0 Å². The fourth-order valence-electron chi connectivity index (χ4n) is 1.81. The first-order valence-corrected chi connectivity index (χ1v) is 6.21. The van der Waals surface area contributed by atoms with E-state index in [0.29, 0.717) is 6.61 Å². The predicted octanol–water partition coefficient (Wildman–Crippen LogP) is 1.76. The molecule has 0 aliphatic carbocycles. The Balaban J connectivity index is 1.87. The molecule has 2 aromatic rings. The van der Waals surface area contributed by atoms with Crippen LogP contribution in [0.3, 0.4) is 0 Å². The van der Waals surface area contributed by atoms with Crippen LogP contribution in [0.5, 0.6) is 5.75 Å². The Kier molecular flexibility index (Phi) is 4.83. The second-order valence-electron chi connectivity index (χ2n) is 4.30. The summed E-state index contributed by atoms with van der Waals surface area (Å²) in [6.07, 6.45) is 5.72. The normalized spacial score (nSPS) is 12.1. The lowest BCUT2D eigenvalue weighted by molar-refractivity contribution is 0.285. The van der Waals surface area contributed by atoms with E-state index in [-0.39, 0.29) is 6.04 Å². The minimum Gasteiger partial charge on any atom is -0.494 e. The van der Waals surface area contributed by atoms with Crippen LogP contribution in [-0.4, -0.2) is 16.6 Å². The summed E-state index contributed by atoms with van der Waals surface area (Å²) < 4.78 is 5.70. The fraction of sp³-hybridized carbons (Fsp3) is 0.286. The molecular formula is C14H18N4O. The highest BCUT2D eigenvalue weighted by molar-refractivity contribution is 5.27. The van der Waals surface area contributed by atoms with Gasteiger partial charge in [0.1, 0.15) is 5.75 Å². The first kappa shape index (κ1) is 13.5. The zero-order chi connectivity index (χ0) is 13.5. The third-order valence-corrected chi connectivity index (χ3v) is 2.81. The van der Waals surface area contributed by atoms with E-state index in [1.54, 1.807) is 18.6 Å². The number of nitrogens with two attached hydrogens (primary N) is 1. The summed E-state index contributed by atoms with van der Waals surface area (Å²) in [5.41, 5.74) is 4.73. The number of hydrogen-bond acceptors (Lipinski definition) is 5. The summed E-state index contributed by atoms with van der Waals surface area (Å²) >= 11 is 0. The Morgan fingerprint density at radius 1 is 1.37 bits per heavy atom. The number of aryl methyl sites for hydroxylation is 1. The SMILES string of the molecule is Cc1cccc(OCCC(NN)c2cnccn2)c1. The van der Waals surface area contributed by atoms with E-state index in [0.717, 1.165) is 17.9 Å². The molecule has 19 heavy (non-hydrogen) atoms. The Bertz CT molecular complexity index is 504. The fourth-order valence-corrected chi connectivity index (χ4v) is 1.81. The summed E-state index contributed by atoms with van der Waals surface area (Å²) in [4.78, 5) is 8.26. The van der Waals surface area contributed by atoms with Gasteiger partial charge >= 0.3 is 0 Å². The zero-order valence-corrected chi connectivity index (χ0v) is 10.9. The Hall–Kier alpha value is -1.98. The summed E-state index contributed by atoms with van der Waals surface area (Å²) in [5.74, 6) is 6.41. The topological polar surface area (TPSA) is 73.1 Å². The highest BCUT2D eigenvalue weighted by Crippen LogP contribution is 2.15. The minimum atomic E-state index is -0.0569. The number of ether oxygens (including phenoxy) is 1. The molecule has 0 bridgehead atoms. The first-order valence-electron chi connectivity index (χ1n) is 6.21. The lowest BCUT2D eigenvalue weighted by Crippen LogP contribution is -2.30. The van der Waals surface area contributed by atoms with E-state index >= 15 is 0 Å². The van der Waals surface area contributed by atoms with Crippen molar-refractivity contribution >= 4 is 0 Å². The molecule has 1 aromatic carbocycles. The summed E-state index contributed by atoms with van der Waals surface area (Å²) in [7, 11) is 0. The molecule has 5 heteroatoms. The third kappa shape index (κ3) is 4.01. The van der Waals surface area contributed by atoms with Gasteiger partial charge in [-0.05, 0) is 24.6 Å². The largest absolute Gasteiger partial charge is 0.494 e. The smallest absolute Gasteiger partial charge is 0.119 e. The molecule has 0 saturated heterocycles.